The van der Waals surface area contributed by atoms with Gasteiger partial charge in [-0.05, 0) is 71.5 Å². The largest absolute Gasteiger partial charge is 0.380 e. The van der Waals surface area contributed by atoms with Crippen LogP contribution in [-0.2, 0) is 6.42 Å². The van der Waals surface area contributed by atoms with Crippen LogP contribution in [0.2, 0.25) is 0 Å². The summed E-state index contributed by atoms with van der Waals surface area (Å²) in [6.07, 6.45) is 1.05. The first kappa shape index (κ1) is 20.8. The maximum atomic E-state index is 3.93. The topological polar surface area (TPSA) is 24.1 Å². The van der Waals surface area contributed by atoms with Crippen LogP contribution in [0.25, 0.3) is 32.7 Å². The highest BCUT2D eigenvalue weighted by Crippen LogP contribution is 2.44. The predicted molar refractivity (Wildman–Crippen MR) is 147 cm³/mol. The molecule has 34 heavy (non-hydrogen) atoms. The van der Waals surface area contributed by atoms with E-state index in [1.165, 1.54) is 66.3 Å². The number of hydrogen-bond acceptors (Lipinski definition) is 2. The van der Waals surface area contributed by atoms with Crippen LogP contribution in [0.4, 0.5) is 11.4 Å². The molecular weight excluding hydrogens is 412 g/mol. The summed E-state index contributed by atoms with van der Waals surface area (Å²) in [5.74, 6) is 0. The van der Waals surface area contributed by atoms with Gasteiger partial charge < -0.3 is 10.6 Å². The molecule has 1 aliphatic rings. The Labute approximate surface area is 201 Å². The van der Waals surface area contributed by atoms with E-state index in [0.717, 1.165) is 13.0 Å². The zero-order valence-electron chi connectivity index (χ0n) is 20.1. The van der Waals surface area contributed by atoms with Crippen LogP contribution >= 0.6 is 0 Å². The molecule has 2 N–H and O–H groups in total. The second kappa shape index (κ2) is 8.22. The lowest BCUT2D eigenvalue weighted by molar-refractivity contribution is 0.808. The van der Waals surface area contributed by atoms with E-state index in [0.29, 0.717) is 0 Å². The summed E-state index contributed by atoms with van der Waals surface area (Å²) in [6.45, 7) is 7.41. The monoisotopic (exact) mass is 442 g/mol. The Morgan fingerprint density at radius 3 is 2.03 bits per heavy atom. The maximum Gasteiger partial charge on any atom is 0.0687 e. The third-order valence-corrected chi connectivity index (χ3v) is 7.19. The summed E-state index contributed by atoms with van der Waals surface area (Å²) in [4.78, 5) is 0. The van der Waals surface area contributed by atoms with Gasteiger partial charge in [-0.2, -0.15) is 0 Å². The van der Waals surface area contributed by atoms with Gasteiger partial charge in [0.05, 0.1) is 17.4 Å². The van der Waals surface area contributed by atoms with Crippen molar-refractivity contribution in [2.75, 3.05) is 17.2 Å². The van der Waals surface area contributed by atoms with E-state index in [4.69, 9.17) is 0 Å². The number of rotatable bonds is 3. The average Bonchev–Trinajstić information content (AvgIpc) is 2.88. The molecule has 0 aliphatic carbocycles. The molecule has 0 amide bonds. The SMILES string of the molecule is CCc1cccc(-c2cccc(C3CNc4c(c5cc(C)ccc5c5ccc(C)cc45)N3)c2)c1. The number of nitrogens with one attached hydrogen (secondary N) is 2. The zero-order chi connectivity index (χ0) is 23.2. The molecule has 0 aromatic heterocycles. The van der Waals surface area contributed by atoms with E-state index in [1.807, 2.05) is 0 Å². The highest BCUT2D eigenvalue weighted by molar-refractivity contribution is 6.20. The molecule has 6 rings (SSSR count). The van der Waals surface area contributed by atoms with E-state index in [9.17, 15) is 0 Å². The third kappa shape index (κ3) is 3.51. The molecular formula is C32H30N2. The van der Waals surface area contributed by atoms with Crippen LogP contribution in [0.3, 0.4) is 0 Å². The van der Waals surface area contributed by atoms with E-state index in [1.54, 1.807) is 0 Å². The molecule has 1 atom stereocenters. The van der Waals surface area contributed by atoms with Crippen LogP contribution in [0.1, 0.15) is 35.2 Å². The van der Waals surface area contributed by atoms with Crippen molar-refractivity contribution in [1.29, 1.82) is 0 Å². The number of benzene rings is 5. The van der Waals surface area contributed by atoms with Gasteiger partial charge in [0, 0.05) is 17.3 Å². The van der Waals surface area contributed by atoms with Crippen LogP contribution in [-0.4, -0.2) is 6.54 Å². The fraction of sp³-hybridized carbons (Fsp3) is 0.188. The number of fused-ring (bicyclic) bond motifs is 6. The summed E-state index contributed by atoms with van der Waals surface area (Å²) in [6, 6.07) is 31.7. The Hall–Kier alpha value is -3.78. The van der Waals surface area contributed by atoms with Gasteiger partial charge in [-0.25, -0.2) is 0 Å². The Morgan fingerprint density at radius 1 is 0.676 bits per heavy atom. The van der Waals surface area contributed by atoms with Crippen molar-refractivity contribution in [2.45, 2.75) is 33.2 Å². The highest BCUT2D eigenvalue weighted by atomic mass is 15.1. The summed E-state index contributed by atoms with van der Waals surface area (Å²) in [7, 11) is 0. The minimum Gasteiger partial charge on any atom is -0.380 e. The Kier molecular flexibility index (Phi) is 5.03. The molecule has 1 aliphatic heterocycles. The van der Waals surface area contributed by atoms with Crippen molar-refractivity contribution in [3.63, 3.8) is 0 Å². The van der Waals surface area contributed by atoms with E-state index >= 15 is 0 Å². The molecule has 1 heterocycles. The van der Waals surface area contributed by atoms with Gasteiger partial charge >= 0.3 is 0 Å². The van der Waals surface area contributed by atoms with E-state index in [2.05, 4.69) is 116 Å². The van der Waals surface area contributed by atoms with Gasteiger partial charge in [0.1, 0.15) is 0 Å². The molecule has 5 aromatic carbocycles. The number of aryl methyl sites for hydroxylation is 3. The lowest BCUT2D eigenvalue weighted by Crippen LogP contribution is -2.26. The summed E-state index contributed by atoms with van der Waals surface area (Å²) in [5, 5.41) is 12.9. The standard InChI is InChI=1S/C32H30N2/c1-4-22-7-5-8-23(17-22)24-9-6-10-25(18-24)30-19-33-31-28-15-20(2)11-13-26(28)27-14-12-21(3)16-29(27)32(31)34-30/h5-18,30,33-34H,4,19H2,1-3H3. The molecule has 0 spiro atoms. The third-order valence-electron chi connectivity index (χ3n) is 7.19. The van der Waals surface area contributed by atoms with Crippen LogP contribution < -0.4 is 10.6 Å². The molecule has 0 bridgehead atoms. The van der Waals surface area contributed by atoms with E-state index in [-0.39, 0.29) is 6.04 Å². The highest BCUT2D eigenvalue weighted by Gasteiger charge is 2.24. The zero-order valence-corrected chi connectivity index (χ0v) is 20.1. The first-order chi connectivity index (χ1) is 16.6. The lowest BCUT2D eigenvalue weighted by atomic mass is 9.92. The van der Waals surface area contributed by atoms with Crippen LogP contribution in [0.5, 0.6) is 0 Å². The summed E-state index contributed by atoms with van der Waals surface area (Å²) >= 11 is 0. The number of anilines is 2. The maximum absolute atomic E-state index is 3.93. The second-order valence-electron chi connectivity index (χ2n) is 9.61. The molecule has 0 radical (unpaired) electrons. The Balaban J connectivity index is 1.46. The average molecular weight is 443 g/mol. The number of hydrogen-bond donors (Lipinski definition) is 2. The lowest BCUT2D eigenvalue weighted by Gasteiger charge is -2.31. The smallest absolute Gasteiger partial charge is 0.0687 e. The van der Waals surface area contributed by atoms with Crippen molar-refractivity contribution in [3.05, 3.63) is 107 Å². The second-order valence-corrected chi connectivity index (χ2v) is 9.61. The first-order valence-electron chi connectivity index (χ1n) is 12.3. The predicted octanol–water partition coefficient (Wildman–Crippen LogP) is 8.42. The van der Waals surface area contributed by atoms with Gasteiger partial charge in [0.25, 0.3) is 0 Å². The molecule has 0 saturated carbocycles. The first-order valence-corrected chi connectivity index (χ1v) is 12.3. The molecule has 2 heteroatoms. The minimum atomic E-state index is 0.202. The summed E-state index contributed by atoms with van der Waals surface area (Å²) < 4.78 is 0. The van der Waals surface area contributed by atoms with Crippen molar-refractivity contribution in [1.82, 2.24) is 0 Å². The van der Waals surface area contributed by atoms with E-state index < -0.39 is 0 Å². The van der Waals surface area contributed by atoms with Crippen molar-refractivity contribution in [2.24, 2.45) is 0 Å². The molecule has 0 fully saturated rings. The van der Waals surface area contributed by atoms with Gasteiger partial charge in [-0.1, -0.05) is 84.8 Å². The minimum absolute atomic E-state index is 0.202. The molecule has 2 nitrogen and oxygen atoms in total. The molecule has 0 saturated heterocycles. The van der Waals surface area contributed by atoms with Gasteiger partial charge in [-0.3, -0.25) is 0 Å². The van der Waals surface area contributed by atoms with Gasteiger partial charge in [0.2, 0.25) is 0 Å². The Morgan fingerprint density at radius 2 is 1.32 bits per heavy atom. The molecule has 1 unspecified atom stereocenters. The summed E-state index contributed by atoms with van der Waals surface area (Å²) in [5.41, 5.74) is 10.2. The fourth-order valence-electron chi connectivity index (χ4n) is 5.34. The normalized spacial score (nSPS) is 15.1. The van der Waals surface area contributed by atoms with Gasteiger partial charge in [-0.15, -0.1) is 0 Å². The van der Waals surface area contributed by atoms with Gasteiger partial charge in [0.15, 0.2) is 0 Å². The molecule has 168 valence electrons. The van der Waals surface area contributed by atoms with Crippen molar-refractivity contribution in [3.8, 4) is 11.1 Å². The van der Waals surface area contributed by atoms with Crippen molar-refractivity contribution >= 4 is 32.9 Å². The van der Waals surface area contributed by atoms with Crippen molar-refractivity contribution < 1.29 is 0 Å². The quantitative estimate of drug-likeness (QED) is 0.274. The van der Waals surface area contributed by atoms with Crippen LogP contribution in [0, 0.1) is 13.8 Å². The fourth-order valence-corrected chi connectivity index (χ4v) is 5.34. The molecule has 5 aromatic rings. The Bertz CT molecular complexity index is 1550. The van der Waals surface area contributed by atoms with Crippen LogP contribution in [0.15, 0.2) is 84.9 Å².